The van der Waals surface area contributed by atoms with Gasteiger partial charge in [0, 0.05) is 6.04 Å². The lowest BCUT2D eigenvalue weighted by atomic mass is 9.85. The van der Waals surface area contributed by atoms with Crippen molar-refractivity contribution in [2.24, 2.45) is 10.9 Å². The Kier molecular flexibility index (Phi) is 6.66. The summed E-state index contributed by atoms with van der Waals surface area (Å²) in [5.41, 5.74) is 1.66. The Bertz CT molecular complexity index is 1000. The van der Waals surface area contributed by atoms with Crippen LogP contribution in [-0.4, -0.2) is 33.7 Å². The van der Waals surface area contributed by atoms with Crippen molar-refractivity contribution in [2.75, 3.05) is 6.61 Å². The number of thioether (sulfide) groups is 1. The van der Waals surface area contributed by atoms with E-state index >= 15 is 0 Å². The molecule has 1 aliphatic carbocycles. The number of carbonyl (C=O) groups excluding carboxylic acids is 1. The van der Waals surface area contributed by atoms with Gasteiger partial charge in [-0.1, -0.05) is 44.0 Å². The maximum Gasteiger partial charge on any atom is 0.267 e. The van der Waals surface area contributed by atoms with Gasteiger partial charge in [-0.3, -0.25) is 9.69 Å². The molecule has 2 fully saturated rings. The van der Waals surface area contributed by atoms with E-state index < -0.39 is 0 Å². The molecule has 162 valence electrons. The number of aliphatic imine (C=N–C) groups is 1. The third kappa shape index (κ3) is 4.79. The third-order valence-electron chi connectivity index (χ3n) is 5.80. The van der Waals surface area contributed by atoms with Gasteiger partial charge < -0.3 is 9.84 Å². The number of amides is 1. The number of rotatable bonds is 5. The molecule has 1 N–H and O–H groups in total. The number of phenols is 1. The summed E-state index contributed by atoms with van der Waals surface area (Å²) in [7, 11) is 0. The van der Waals surface area contributed by atoms with Crippen LogP contribution in [0.5, 0.6) is 11.5 Å². The lowest BCUT2D eigenvalue weighted by molar-refractivity contribution is -0.124. The van der Waals surface area contributed by atoms with Crippen LogP contribution in [0.25, 0.3) is 6.08 Å². The molecule has 0 spiro atoms. The Labute approximate surface area is 187 Å². The van der Waals surface area contributed by atoms with E-state index in [0.717, 1.165) is 35.7 Å². The molecule has 1 aliphatic heterocycles. The molecule has 0 radical (unpaired) electrons. The van der Waals surface area contributed by atoms with Crippen LogP contribution in [0.3, 0.4) is 0 Å². The maximum atomic E-state index is 13.5. The van der Waals surface area contributed by atoms with Crippen LogP contribution in [0.2, 0.25) is 0 Å². The van der Waals surface area contributed by atoms with Crippen molar-refractivity contribution in [3.05, 3.63) is 59.0 Å². The number of nitrogens with zero attached hydrogens (tertiary/aromatic N) is 2. The molecule has 2 aromatic carbocycles. The Morgan fingerprint density at radius 1 is 1.19 bits per heavy atom. The van der Waals surface area contributed by atoms with Crippen LogP contribution in [-0.2, 0) is 4.79 Å². The molecule has 1 amide bonds. The monoisotopic (exact) mass is 436 g/mol. The van der Waals surface area contributed by atoms with Crippen LogP contribution >= 0.6 is 11.8 Å². The fraction of sp³-hybridized carbons (Fsp3) is 0.360. The van der Waals surface area contributed by atoms with Crippen molar-refractivity contribution in [1.82, 2.24) is 4.90 Å². The number of ether oxygens (including phenoxy) is 1. The zero-order valence-corrected chi connectivity index (χ0v) is 18.8. The number of aromatic hydroxyl groups is 1. The second-order valence-corrected chi connectivity index (χ2v) is 9.01. The Hall–Kier alpha value is -2.73. The van der Waals surface area contributed by atoms with E-state index in [9.17, 15) is 9.90 Å². The number of hydrogen-bond donors (Lipinski definition) is 1. The molecule has 0 bridgehead atoms. The highest BCUT2D eigenvalue weighted by Crippen LogP contribution is 2.40. The number of hydrogen-bond acceptors (Lipinski definition) is 5. The predicted molar refractivity (Wildman–Crippen MR) is 127 cm³/mol. The minimum Gasteiger partial charge on any atom is -0.504 e. The van der Waals surface area contributed by atoms with E-state index in [1.165, 1.54) is 18.2 Å². The van der Waals surface area contributed by atoms with E-state index in [4.69, 9.17) is 9.73 Å². The number of amidine groups is 1. The first kappa shape index (κ1) is 21.5. The van der Waals surface area contributed by atoms with Crippen LogP contribution in [0.1, 0.15) is 45.1 Å². The van der Waals surface area contributed by atoms with Gasteiger partial charge in [-0.15, -0.1) is 0 Å². The summed E-state index contributed by atoms with van der Waals surface area (Å²) < 4.78 is 5.49. The molecule has 1 heterocycles. The first-order valence-electron chi connectivity index (χ1n) is 10.9. The second kappa shape index (κ2) is 9.60. The van der Waals surface area contributed by atoms with E-state index in [2.05, 4.69) is 6.92 Å². The summed E-state index contributed by atoms with van der Waals surface area (Å²) in [6.45, 7) is 4.57. The summed E-state index contributed by atoms with van der Waals surface area (Å²) in [5.74, 6) is 0.961. The molecular weight excluding hydrogens is 408 g/mol. The van der Waals surface area contributed by atoms with Gasteiger partial charge in [0.05, 0.1) is 17.2 Å². The number of para-hydroxylation sites is 1. The summed E-state index contributed by atoms with van der Waals surface area (Å²) in [5, 5.41) is 10.7. The molecular formula is C25H28N2O3S. The van der Waals surface area contributed by atoms with Crippen LogP contribution < -0.4 is 4.74 Å². The van der Waals surface area contributed by atoms with E-state index in [-0.39, 0.29) is 17.7 Å². The summed E-state index contributed by atoms with van der Waals surface area (Å²) in [4.78, 5) is 20.9. The summed E-state index contributed by atoms with van der Waals surface area (Å²) in [6.07, 6.45) is 6.35. The van der Waals surface area contributed by atoms with Gasteiger partial charge in [0.1, 0.15) is 0 Å². The van der Waals surface area contributed by atoms with Crippen molar-refractivity contribution in [3.63, 3.8) is 0 Å². The molecule has 1 saturated carbocycles. The topological polar surface area (TPSA) is 62.1 Å². The molecule has 2 aliphatic rings. The van der Waals surface area contributed by atoms with Gasteiger partial charge in [-0.05, 0) is 73.4 Å². The summed E-state index contributed by atoms with van der Waals surface area (Å²) >= 11 is 1.42. The highest BCUT2D eigenvalue weighted by molar-refractivity contribution is 8.18. The first-order chi connectivity index (χ1) is 15.1. The average molecular weight is 437 g/mol. The molecule has 6 heteroatoms. The normalized spacial score (nSPS) is 24.2. The number of benzene rings is 2. The largest absolute Gasteiger partial charge is 0.504 e. The zero-order chi connectivity index (χ0) is 21.8. The molecule has 1 saturated heterocycles. The fourth-order valence-electron chi connectivity index (χ4n) is 4.19. The fourth-order valence-corrected chi connectivity index (χ4v) is 5.24. The summed E-state index contributed by atoms with van der Waals surface area (Å²) in [6, 6.07) is 15.1. The lowest BCUT2D eigenvalue weighted by Gasteiger charge is -2.35. The van der Waals surface area contributed by atoms with Crippen LogP contribution in [0.4, 0.5) is 5.69 Å². The van der Waals surface area contributed by atoms with Gasteiger partial charge >= 0.3 is 0 Å². The first-order valence-corrected chi connectivity index (χ1v) is 11.7. The van der Waals surface area contributed by atoms with Crippen molar-refractivity contribution < 1.29 is 14.6 Å². The van der Waals surface area contributed by atoms with Crippen molar-refractivity contribution in [2.45, 2.75) is 45.6 Å². The molecule has 0 unspecified atom stereocenters. The van der Waals surface area contributed by atoms with E-state index in [0.29, 0.717) is 23.2 Å². The molecule has 2 atom stereocenters. The van der Waals surface area contributed by atoms with Gasteiger partial charge in [0.15, 0.2) is 16.7 Å². The SMILES string of the molecule is CCOc1cc(/C=C2\SC(=Nc3ccccc3)N([C@H]3CCCC[C@@H]3C)C2=O)ccc1O. The Morgan fingerprint density at radius 2 is 1.97 bits per heavy atom. The van der Waals surface area contributed by atoms with Crippen molar-refractivity contribution in [3.8, 4) is 11.5 Å². The smallest absolute Gasteiger partial charge is 0.267 e. The van der Waals surface area contributed by atoms with Gasteiger partial charge in [-0.2, -0.15) is 0 Å². The molecule has 2 aromatic rings. The standard InChI is InChI=1S/C25H28N2O3S/c1-3-30-22-15-18(13-14-21(22)28)16-23-24(29)27(20-12-8-7-9-17(20)2)25(31-23)26-19-10-5-4-6-11-19/h4-6,10-11,13-17,20,28H,3,7-9,12H2,1-2H3/b23-16-,26-25?/t17-,20-/m0/s1. The molecule has 5 nitrogen and oxygen atoms in total. The van der Waals surface area contributed by atoms with E-state index in [1.54, 1.807) is 18.2 Å². The quantitative estimate of drug-likeness (QED) is 0.586. The van der Waals surface area contributed by atoms with E-state index in [1.807, 2.05) is 48.2 Å². The van der Waals surface area contributed by atoms with Crippen molar-refractivity contribution >= 4 is 34.6 Å². The minimum atomic E-state index is 0.00414. The van der Waals surface area contributed by atoms with Crippen LogP contribution in [0, 0.1) is 5.92 Å². The lowest BCUT2D eigenvalue weighted by Crippen LogP contribution is -2.44. The molecule has 0 aromatic heterocycles. The third-order valence-corrected chi connectivity index (χ3v) is 6.78. The zero-order valence-electron chi connectivity index (χ0n) is 18.0. The van der Waals surface area contributed by atoms with Gasteiger partial charge in [0.25, 0.3) is 5.91 Å². The number of carbonyl (C=O) groups is 1. The highest BCUT2D eigenvalue weighted by Gasteiger charge is 2.41. The van der Waals surface area contributed by atoms with Gasteiger partial charge in [-0.25, -0.2) is 4.99 Å². The van der Waals surface area contributed by atoms with Crippen LogP contribution in [0.15, 0.2) is 58.4 Å². The van der Waals surface area contributed by atoms with Gasteiger partial charge in [0.2, 0.25) is 0 Å². The predicted octanol–water partition coefficient (Wildman–Crippen LogP) is 5.97. The Balaban J connectivity index is 1.70. The number of phenolic OH excluding ortho intramolecular Hbond substituents is 1. The van der Waals surface area contributed by atoms with Crippen molar-refractivity contribution in [1.29, 1.82) is 0 Å². The molecule has 4 rings (SSSR count). The highest BCUT2D eigenvalue weighted by atomic mass is 32.2. The maximum absolute atomic E-state index is 13.5. The average Bonchev–Trinajstić information content (AvgIpc) is 3.06. The minimum absolute atomic E-state index is 0.00414. The second-order valence-electron chi connectivity index (χ2n) is 8.00. The Morgan fingerprint density at radius 3 is 2.71 bits per heavy atom. The molecule has 31 heavy (non-hydrogen) atoms.